The predicted molar refractivity (Wildman–Crippen MR) is 208 cm³/mol. The molecule has 0 fully saturated rings. The summed E-state index contributed by atoms with van der Waals surface area (Å²) in [6, 6.07) is 0.0144. The van der Waals surface area contributed by atoms with E-state index >= 15 is 0 Å². The molecule has 10 heteroatoms. The molecule has 1 heterocycles. The number of carbonyl (C=O) groups is 4. The lowest BCUT2D eigenvalue weighted by Gasteiger charge is -2.33. The van der Waals surface area contributed by atoms with Gasteiger partial charge in [-0.15, -0.1) is 0 Å². The van der Waals surface area contributed by atoms with Crippen LogP contribution in [0.5, 0.6) is 0 Å². The highest BCUT2D eigenvalue weighted by molar-refractivity contribution is 5.71. The summed E-state index contributed by atoms with van der Waals surface area (Å²) < 4.78 is 22.7. The van der Waals surface area contributed by atoms with Crippen LogP contribution in [0, 0.1) is 0 Å². The Kier molecular flexibility index (Phi) is 24.1. The maximum Gasteiger partial charge on any atom is 0.410 e. The van der Waals surface area contributed by atoms with Crippen LogP contribution in [-0.2, 0) is 28.5 Å². The van der Waals surface area contributed by atoms with Crippen molar-refractivity contribution in [3.8, 4) is 0 Å². The quantitative estimate of drug-likeness (QED) is 0.159. The van der Waals surface area contributed by atoms with Gasteiger partial charge < -0.3 is 28.7 Å². The first-order valence-corrected chi connectivity index (χ1v) is 20.3. The largest absolute Gasteiger partial charge is 0.464 e. The topological polar surface area (TPSA) is 112 Å². The van der Waals surface area contributed by atoms with Crippen LogP contribution in [0.15, 0.2) is 24.3 Å². The van der Waals surface area contributed by atoms with Gasteiger partial charge in [0, 0.05) is 24.9 Å². The number of esters is 2. The van der Waals surface area contributed by atoms with Crippen molar-refractivity contribution in [3.05, 3.63) is 24.3 Å². The van der Waals surface area contributed by atoms with Gasteiger partial charge in [0.2, 0.25) is 0 Å². The van der Waals surface area contributed by atoms with Gasteiger partial charge in [-0.05, 0) is 119 Å². The van der Waals surface area contributed by atoms with Crippen LogP contribution in [0.25, 0.3) is 0 Å². The van der Waals surface area contributed by atoms with Crippen LogP contribution in [0.2, 0.25) is 0 Å². The van der Waals surface area contributed by atoms with Crippen LogP contribution in [-0.4, -0.2) is 83.5 Å². The van der Waals surface area contributed by atoms with Gasteiger partial charge in [0.15, 0.2) is 0 Å². The zero-order chi connectivity index (χ0) is 38.8. The minimum atomic E-state index is -0.617. The lowest BCUT2D eigenvalue weighted by Crippen LogP contribution is -2.45. The second kappa shape index (κ2) is 26.7. The highest BCUT2D eigenvalue weighted by Gasteiger charge is 2.29. The Labute approximate surface area is 316 Å². The van der Waals surface area contributed by atoms with E-state index in [1.165, 1.54) is 0 Å². The smallest absolute Gasteiger partial charge is 0.410 e. The fourth-order valence-corrected chi connectivity index (χ4v) is 6.21. The molecule has 0 radical (unpaired) electrons. The molecule has 0 saturated heterocycles. The average Bonchev–Trinajstić information content (AvgIpc) is 3.04. The third kappa shape index (κ3) is 23.5. The van der Waals surface area contributed by atoms with Gasteiger partial charge in [-0.1, -0.05) is 63.8 Å². The van der Waals surface area contributed by atoms with E-state index in [0.717, 1.165) is 89.9 Å². The molecule has 0 N–H and O–H groups in total. The molecule has 1 aliphatic heterocycles. The number of nitrogens with zero attached hydrogens (tertiary/aromatic N) is 2. The summed E-state index contributed by atoms with van der Waals surface area (Å²) in [5.41, 5.74) is -1.23. The van der Waals surface area contributed by atoms with Gasteiger partial charge in [-0.25, -0.2) is 9.59 Å². The maximum atomic E-state index is 13.3. The van der Waals surface area contributed by atoms with Crippen LogP contribution >= 0.6 is 0 Å². The molecule has 0 spiro atoms. The number of carbonyl (C=O) groups excluding carboxylic acids is 4. The maximum absolute atomic E-state index is 13.3. The van der Waals surface area contributed by atoms with E-state index < -0.39 is 11.2 Å². The first-order chi connectivity index (χ1) is 24.7. The first-order valence-electron chi connectivity index (χ1n) is 20.3. The number of rotatable bonds is 4. The van der Waals surface area contributed by atoms with Gasteiger partial charge >= 0.3 is 24.1 Å². The fraction of sp³-hybridized carbons (Fsp3) is 0.810. The van der Waals surface area contributed by atoms with Gasteiger partial charge in [0.1, 0.15) is 24.4 Å². The Balaban J connectivity index is 2.95. The molecule has 0 aromatic heterocycles. The third-order valence-electron chi connectivity index (χ3n) is 8.72. The van der Waals surface area contributed by atoms with E-state index in [9.17, 15) is 19.2 Å². The Morgan fingerprint density at radius 1 is 0.615 bits per heavy atom. The third-order valence-corrected chi connectivity index (χ3v) is 8.72. The van der Waals surface area contributed by atoms with Crippen LogP contribution in [0.1, 0.15) is 171 Å². The lowest BCUT2D eigenvalue weighted by molar-refractivity contribution is -0.145. The molecule has 0 saturated carbocycles. The first kappa shape index (κ1) is 47.0. The predicted octanol–water partition coefficient (Wildman–Crippen LogP) is 10.5. The van der Waals surface area contributed by atoms with Crippen LogP contribution in [0.3, 0.4) is 0 Å². The Hall–Kier alpha value is -3.04. The minimum Gasteiger partial charge on any atom is -0.464 e. The van der Waals surface area contributed by atoms with Gasteiger partial charge in [-0.2, -0.15) is 0 Å². The van der Waals surface area contributed by atoms with Crippen molar-refractivity contribution >= 4 is 24.1 Å². The van der Waals surface area contributed by atoms with E-state index in [0.29, 0.717) is 38.8 Å². The standard InChI is InChI=1S/C42H74N2O8/c1-9-25-35-27-21-17-13-11-15-19-24-30-38(46)50-34-32-44(40(48)52-42(6,7)8)36(26-10-2)28-22-18-14-12-16-20-23-29-37(45)49-33-31-43(35)39(47)51-41(3,4)5/h11-12,15-16,35-36H,9-10,13-14,17-34H2,1-8H3/b15-11-,16-12-/t35-,36-/m0/s1. The van der Waals surface area contributed by atoms with Crippen LogP contribution in [0.4, 0.5) is 9.59 Å². The zero-order valence-corrected chi connectivity index (χ0v) is 34.2. The van der Waals surface area contributed by atoms with Crippen molar-refractivity contribution in [2.75, 3.05) is 26.3 Å². The molecule has 0 unspecified atom stereocenters. The summed E-state index contributed by atoms with van der Waals surface area (Å²) in [5, 5.41) is 0. The van der Waals surface area contributed by atoms with E-state index in [-0.39, 0.29) is 49.4 Å². The lowest BCUT2D eigenvalue weighted by atomic mass is 10.0. The fourth-order valence-electron chi connectivity index (χ4n) is 6.21. The van der Waals surface area contributed by atoms with Crippen molar-refractivity contribution in [2.45, 2.75) is 194 Å². The van der Waals surface area contributed by atoms with Crippen molar-refractivity contribution in [2.24, 2.45) is 0 Å². The Morgan fingerprint density at radius 2 is 0.962 bits per heavy atom. The summed E-state index contributed by atoms with van der Waals surface area (Å²) in [4.78, 5) is 55.1. The molecule has 1 aliphatic rings. The second-order valence-electron chi connectivity index (χ2n) is 16.0. The summed E-state index contributed by atoms with van der Waals surface area (Å²) in [7, 11) is 0. The number of allylic oxidation sites excluding steroid dienone is 4. The van der Waals surface area contributed by atoms with E-state index in [1.54, 1.807) is 9.80 Å². The number of ether oxygens (including phenoxy) is 4. The molecule has 2 amide bonds. The SMILES string of the molecule is CCC[C@H]1CCCC/C=C\CCCC(=O)OCCN(C(=O)OC(C)(C)C)[C@@H](CCC)CCCC/C=C\CCCC(=O)OCCN1C(=O)OC(C)(C)C. The number of hydrogen-bond acceptors (Lipinski definition) is 8. The van der Waals surface area contributed by atoms with Gasteiger partial charge in [0.05, 0.1) is 13.1 Å². The van der Waals surface area contributed by atoms with E-state index in [2.05, 4.69) is 38.2 Å². The second-order valence-corrected chi connectivity index (χ2v) is 16.0. The average molecular weight is 735 g/mol. The molecular weight excluding hydrogens is 660 g/mol. The van der Waals surface area contributed by atoms with Gasteiger partial charge in [0.25, 0.3) is 0 Å². The van der Waals surface area contributed by atoms with Gasteiger partial charge in [-0.3, -0.25) is 9.59 Å². The van der Waals surface area contributed by atoms with Crippen molar-refractivity contribution in [3.63, 3.8) is 0 Å². The molecule has 300 valence electrons. The van der Waals surface area contributed by atoms with E-state index in [4.69, 9.17) is 18.9 Å². The van der Waals surface area contributed by atoms with Crippen molar-refractivity contribution < 1.29 is 38.1 Å². The van der Waals surface area contributed by atoms with Crippen LogP contribution < -0.4 is 0 Å². The van der Waals surface area contributed by atoms with E-state index in [1.807, 2.05) is 41.5 Å². The number of cyclic esters (lactones) is 2. The molecule has 0 bridgehead atoms. The minimum absolute atomic E-state index is 0.00719. The molecule has 0 aliphatic carbocycles. The normalized spacial score (nSPS) is 22.7. The molecule has 52 heavy (non-hydrogen) atoms. The summed E-state index contributed by atoms with van der Waals surface area (Å²) >= 11 is 0. The molecule has 0 aromatic rings. The molecular formula is C42H74N2O8. The molecule has 0 aromatic carbocycles. The molecule has 2 atom stereocenters. The molecule has 10 nitrogen and oxygen atoms in total. The Bertz CT molecular complexity index is 991. The highest BCUT2D eigenvalue weighted by atomic mass is 16.6. The van der Waals surface area contributed by atoms with Crippen molar-refractivity contribution in [1.29, 1.82) is 0 Å². The zero-order valence-electron chi connectivity index (χ0n) is 34.2. The Morgan fingerprint density at radius 3 is 1.29 bits per heavy atom. The number of amides is 2. The number of hydrogen-bond donors (Lipinski definition) is 0. The van der Waals surface area contributed by atoms with Crippen molar-refractivity contribution in [1.82, 2.24) is 9.80 Å². The molecule has 1 rings (SSSR count). The summed E-state index contributed by atoms with van der Waals surface area (Å²) in [6.45, 7) is 16.3. The summed E-state index contributed by atoms with van der Waals surface area (Å²) in [5.74, 6) is -0.496. The monoisotopic (exact) mass is 735 g/mol. The highest BCUT2D eigenvalue weighted by Crippen LogP contribution is 2.21. The summed E-state index contributed by atoms with van der Waals surface area (Å²) in [6.07, 6.45) is 22.4.